The van der Waals surface area contributed by atoms with Crippen LogP contribution in [0.5, 0.6) is 0 Å². The first-order chi connectivity index (χ1) is 3.64. The molecule has 0 bridgehead atoms. The Kier molecular flexibility index (Phi) is 1.71. The molecule has 0 amide bonds. The van der Waals surface area contributed by atoms with Crippen LogP contribution in [0.25, 0.3) is 0 Å². The molecule has 0 saturated heterocycles. The van der Waals surface area contributed by atoms with Gasteiger partial charge in [0.15, 0.2) is 0 Å². The van der Waals surface area contributed by atoms with Gasteiger partial charge >= 0.3 is 0 Å². The first kappa shape index (κ1) is 6.67. The number of rotatable bonds is 1. The summed E-state index contributed by atoms with van der Waals surface area (Å²) in [5, 5.41) is 0. The normalized spacial score (nSPS) is 27.4. The average Bonchev–Trinajstić information content (AvgIpc) is 1.60. The Hall–Kier alpha value is 0.550. The van der Waals surface area contributed by atoms with Gasteiger partial charge in [-0.1, -0.05) is 0 Å². The lowest BCUT2D eigenvalue weighted by atomic mass is 9.89. The second kappa shape index (κ2) is 2.06. The number of hydrogen-bond acceptors (Lipinski definition) is 1. The summed E-state index contributed by atoms with van der Waals surface area (Å²) in [6.45, 7) is 0. The highest BCUT2D eigenvalue weighted by molar-refractivity contribution is 14.1. The standard InChI is InChI=1S/C4H6F2IN/c5-4(6)1-3(2-4)8-7/h3,8H,1-2H2. The van der Waals surface area contributed by atoms with Gasteiger partial charge in [-0.2, -0.15) is 0 Å². The van der Waals surface area contributed by atoms with Crippen LogP contribution in [0.15, 0.2) is 0 Å². The summed E-state index contributed by atoms with van der Waals surface area (Å²) in [7, 11) is 0. The van der Waals surface area contributed by atoms with Crippen molar-refractivity contribution in [2.45, 2.75) is 24.8 Å². The molecule has 8 heavy (non-hydrogen) atoms. The predicted molar refractivity (Wildman–Crippen MR) is 35.1 cm³/mol. The van der Waals surface area contributed by atoms with E-state index < -0.39 is 5.92 Å². The van der Waals surface area contributed by atoms with Crippen molar-refractivity contribution >= 4 is 22.9 Å². The Balaban J connectivity index is 2.21. The molecule has 0 aromatic rings. The van der Waals surface area contributed by atoms with Crippen molar-refractivity contribution in [3.05, 3.63) is 0 Å². The number of halogens is 3. The predicted octanol–water partition coefficient (Wildman–Crippen LogP) is 1.72. The molecule has 1 aliphatic carbocycles. The van der Waals surface area contributed by atoms with Crippen LogP contribution in [0.2, 0.25) is 0 Å². The van der Waals surface area contributed by atoms with Crippen molar-refractivity contribution in [2.24, 2.45) is 0 Å². The van der Waals surface area contributed by atoms with E-state index in [1.54, 1.807) is 0 Å². The zero-order valence-electron chi connectivity index (χ0n) is 4.13. The third-order valence-electron chi connectivity index (χ3n) is 1.24. The Labute approximate surface area is 60.3 Å². The summed E-state index contributed by atoms with van der Waals surface area (Å²) >= 11 is 1.90. The second-order valence-electron chi connectivity index (χ2n) is 2.07. The molecule has 0 aliphatic heterocycles. The fraction of sp³-hybridized carbons (Fsp3) is 1.00. The molecule has 1 nitrogen and oxygen atoms in total. The molecule has 0 radical (unpaired) electrons. The lowest BCUT2D eigenvalue weighted by Gasteiger charge is -2.33. The first-order valence-electron chi connectivity index (χ1n) is 2.38. The van der Waals surface area contributed by atoms with Crippen molar-refractivity contribution in [1.82, 2.24) is 3.53 Å². The van der Waals surface area contributed by atoms with Crippen LogP contribution in [0.3, 0.4) is 0 Å². The molecule has 4 heteroatoms. The van der Waals surface area contributed by atoms with Gasteiger partial charge in [0.1, 0.15) is 0 Å². The fourth-order valence-corrected chi connectivity index (χ4v) is 1.18. The van der Waals surface area contributed by atoms with Gasteiger partial charge in [-0.05, 0) is 0 Å². The van der Waals surface area contributed by atoms with E-state index in [0.29, 0.717) is 0 Å². The number of nitrogens with one attached hydrogen (secondary N) is 1. The molecule has 0 heterocycles. The zero-order valence-corrected chi connectivity index (χ0v) is 6.28. The van der Waals surface area contributed by atoms with Gasteiger partial charge in [0, 0.05) is 41.7 Å². The Morgan fingerprint density at radius 2 is 2.00 bits per heavy atom. The summed E-state index contributed by atoms with van der Waals surface area (Å²) in [5.41, 5.74) is 0. The van der Waals surface area contributed by atoms with Gasteiger partial charge in [0.05, 0.1) is 0 Å². The minimum absolute atomic E-state index is 0.00986. The molecular weight excluding hydrogens is 227 g/mol. The zero-order chi connectivity index (χ0) is 6.20. The summed E-state index contributed by atoms with van der Waals surface area (Å²) in [4.78, 5) is 0. The average molecular weight is 233 g/mol. The highest BCUT2D eigenvalue weighted by atomic mass is 127. The van der Waals surface area contributed by atoms with Crippen molar-refractivity contribution < 1.29 is 8.78 Å². The lowest BCUT2D eigenvalue weighted by Crippen LogP contribution is -2.44. The minimum atomic E-state index is -2.37. The maximum Gasteiger partial charge on any atom is 0.251 e. The summed E-state index contributed by atoms with van der Waals surface area (Å²) in [6, 6.07) is 0.0469. The molecule has 1 fully saturated rings. The van der Waals surface area contributed by atoms with E-state index in [9.17, 15) is 8.78 Å². The SMILES string of the molecule is FC1(F)CC(NI)C1. The molecule has 0 aromatic heterocycles. The molecular formula is C4H6F2IN. The van der Waals surface area contributed by atoms with Crippen LogP contribution in [0.4, 0.5) is 8.78 Å². The monoisotopic (exact) mass is 233 g/mol. The maximum absolute atomic E-state index is 11.9. The molecule has 1 saturated carbocycles. The smallest absolute Gasteiger partial charge is 0.251 e. The maximum atomic E-state index is 11.9. The molecule has 0 unspecified atom stereocenters. The molecule has 0 aromatic carbocycles. The lowest BCUT2D eigenvalue weighted by molar-refractivity contribution is -0.0861. The number of hydrogen-bond donors (Lipinski definition) is 1. The molecule has 1 N–H and O–H groups in total. The summed E-state index contributed by atoms with van der Waals surface area (Å²) < 4.78 is 26.6. The summed E-state index contributed by atoms with van der Waals surface area (Å²) in [5.74, 6) is -2.37. The highest BCUT2D eigenvalue weighted by Crippen LogP contribution is 2.37. The van der Waals surface area contributed by atoms with Crippen LogP contribution < -0.4 is 3.53 Å². The second-order valence-corrected chi connectivity index (χ2v) is 2.69. The largest absolute Gasteiger partial charge is 0.258 e. The molecule has 1 aliphatic rings. The summed E-state index contributed by atoms with van der Waals surface area (Å²) in [6.07, 6.45) is 0.0197. The van der Waals surface area contributed by atoms with Gasteiger partial charge in [-0.25, -0.2) is 8.78 Å². The third-order valence-corrected chi connectivity index (χ3v) is 2.13. The molecule has 48 valence electrons. The fourth-order valence-electron chi connectivity index (χ4n) is 0.738. The van der Waals surface area contributed by atoms with Crippen LogP contribution in [-0.4, -0.2) is 12.0 Å². The Morgan fingerprint density at radius 3 is 2.12 bits per heavy atom. The van der Waals surface area contributed by atoms with Crippen molar-refractivity contribution in [2.75, 3.05) is 0 Å². The van der Waals surface area contributed by atoms with Gasteiger partial charge < -0.3 is 0 Å². The van der Waals surface area contributed by atoms with Crippen LogP contribution in [0.1, 0.15) is 12.8 Å². The van der Waals surface area contributed by atoms with Crippen LogP contribution >= 0.6 is 22.9 Å². The molecule has 0 atom stereocenters. The van der Waals surface area contributed by atoms with Gasteiger partial charge in [0.25, 0.3) is 5.92 Å². The topological polar surface area (TPSA) is 12.0 Å². The van der Waals surface area contributed by atoms with E-state index in [2.05, 4.69) is 3.53 Å². The molecule has 1 rings (SSSR count). The third kappa shape index (κ3) is 1.28. The van der Waals surface area contributed by atoms with E-state index in [1.807, 2.05) is 22.9 Å². The van der Waals surface area contributed by atoms with Gasteiger partial charge in [0.2, 0.25) is 0 Å². The first-order valence-corrected chi connectivity index (χ1v) is 3.46. The van der Waals surface area contributed by atoms with E-state index >= 15 is 0 Å². The Bertz CT molecular complexity index is 88.0. The Morgan fingerprint density at radius 1 is 1.50 bits per heavy atom. The van der Waals surface area contributed by atoms with E-state index in [1.165, 1.54) is 0 Å². The number of alkyl halides is 2. The van der Waals surface area contributed by atoms with E-state index in [-0.39, 0.29) is 18.9 Å². The van der Waals surface area contributed by atoms with Gasteiger partial charge in [-0.3, -0.25) is 3.53 Å². The van der Waals surface area contributed by atoms with Crippen molar-refractivity contribution in [3.8, 4) is 0 Å². The molecule has 0 spiro atoms. The van der Waals surface area contributed by atoms with Crippen molar-refractivity contribution in [1.29, 1.82) is 0 Å². The minimum Gasteiger partial charge on any atom is -0.258 e. The van der Waals surface area contributed by atoms with Crippen LogP contribution in [-0.2, 0) is 0 Å². The highest BCUT2D eigenvalue weighted by Gasteiger charge is 2.44. The van der Waals surface area contributed by atoms with E-state index in [4.69, 9.17) is 0 Å². The van der Waals surface area contributed by atoms with Gasteiger partial charge in [-0.15, -0.1) is 0 Å². The van der Waals surface area contributed by atoms with Crippen LogP contribution in [0, 0.1) is 0 Å². The van der Waals surface area contributed by atoms with E-state index in [0.717, 1.165) is 0 Å². The quantitative estimate of drug-likeness (QED) is 0.537. The van der Waals surface area contributed by atoms with Crippen molar-refractivity contribution in [3.63, 3.8) is 0 Å².